The molecule has 0 heterocycles. The molecule has 0 saturated carbocycles. The molecule has 54 heavy (non-hydrogen) atoms. The van der Waals surface area contributed by atoms with Gasteiger partial charge in [-0.1, -0.05) is 179 Å². The molecule has 0 spiro atoms. The number of hydrogen-bond acceptors (Lipinski definition) is 5. The number of nitrogens with zero attached hydrogens (tertiary/aromatic N) is 1. The summed E-state index contributed by atoms with van der Waals surface area (Å²) in [6.07, 6.45) is 44.0. The van der Waals surface area contributed by atoms with Gasteiger partial charge < -0.3 is 19.8 Å². The van der Waals surface area contributed by atoms with Crippen LogP contribution in [0.4, 0.5) is 0 Å². The van der Waals surface area contributed by atoms with Crippen LogP contribution in [0.2, 0.25) is 0 Å². The third kappa shape index (κ3) is 39.2. The first kappa shape index (κ1) is 53.0. The van der Waals surface area contributed by atoms with Crippen LogP contribution in [0.3, 0.4) is 0 Å². The number of quaternary nitrogens is 1. The van der Waals surface area contributed by atoms with Gasteiger partial charge >= 0.3 is 7.82 Å². The molecule has 3 atom stereocenters. The lowest BCUT2D eigenvalue weighted by molar-refractivity contribution is -0.870. The fourth-order valence-corrected chi connectivity index (χ4v) is 7.24. The first-order chi connectivity index (χ1) is 26.0. The predicted octanol–water partition coefficient (Wildman–Crippen LogP) is 12.5. The normalized spacial score (nSPS) is 14.6. The molecule has 320 valence electrons. The number of allylic oxidation sites excluding steroid dienone is 3. The Hall–Kier alpha value is -1.02. The van der Waals surface area contributed by atoms with E-state index < -0.39 is 20.0 Å². The molecule has 0 fully saturated rings. The fraction of sp³-hybridized carbons (Fsp3) is 0.889. The van der Waals surface area contributed by atoms with Crippen LogP contribution in [0.15, 0.2) is 24.3 Å². The molecule has 9 heteroatoms. The molecular weight excluding hydrogens is 695 g/mol. The van der Waals surface area contributed by atoms with E-state index >= 15 is 0 Å². The Morgan fingerprint density at radius 3 is 1.43 bits per heavy atom. The van der Waals surface area contributed by atoms with Gasteiger partial charge in [0.15, 0.2) is 0 Å². The molecule has 3 unspecified atom stereocenters. The van der Waals surface area contributed by atoms with Gasteiger partial charge in [0.1, 0.15) is 13.2 Å². The summed E-state index contributed by atoms with van der Waals surface area (Å²) in [6.45, 7) is 4.78. The Labute approximate surface area is 334 Å². The Bertz CT molecular complexity index is 938. The molecule has 3 N–H and O–H groups in total. The maximum Gasteiger partial charge on any atom is 0.472 e. The molecule has 0 radical (unpaired) electrons. The molecule has 0 aromatic carbocycles. The van der Waals surface area contributed by atoms with Crippen LogP contribution >= 0.6 is 7.82 Å². The summed E-state index contributed by atoms with van der Waals surface area (Å²) in [5.74, 6) is -0.183. The van der Waals surface area contributed by atoms with Gasteiger partial charge in [-0.05, 0) is 44.9 Å². The zero-order chi connectivity index (χ0) is 40.0. The number of aliphatic hydroxyl groups excluding tert-OH is 1. The van der Waals surface area contributed by atoms with E-state index in [1.54, 1.807) is 6.08 Å². The number of carbonyl (C=O) groups excluding carboxylic acids is 1. The van der Waals surface area contributed by atoms with Gasteiger partial charge in [-0.3, -0.25) is 13.8 Å². The summed E-state index contributed by atoms with van der Waals surface area (Å²) >= 11 is 0. The van der Waals surface area contributed by atoms with E-state index in [9.17, 15) is 19.4 Å². The molecule has 0 aliphatic rings. The number of aliphatic hydroxyl groups is 1. The molecule has 0 rings (SSSR count). The number of amides is 1. The van der Waals surface area contributed by atoms with E-state index in [-0.39, 0.29) is 19.1 Å². The highest BCUT2D eigenvalue weighted by molar-refractivity contribution is 7.47. The average Bonchev–Trinajstić information content (AvgIpc) is 3.12. The van der Waals surface area contributed by atoms with Gasteiger partial charge in [-0.25, -0.2) is 4.57 Å². The lowest BCUT2D eigenvalue weighted by atomic mass is 10.0. The SMILES string of the molecule is CCCCCCCCC/C=C/C(O)C(COP(=O)(O)OCC[N+](C)(C)C)NC(=O)CCCCCCCCC/C=C\CCCCCCCCCCCCCC. The van der Waals surface area contributed by atoms with Crippen molar-refractivity contribution < 1.29 is 32.9 Å². The molecule has 0 aromatic rings. The quantitative estimate of drug-likeness (QED) is 0.0247. The summed E-state index contributed by atoms with van der Waals surface area (Å²) in [6, 6.07) is -0.844. The topological polar surface area (TPSA) is 105 Å². The Morgan fingerprint density at radius 2 is 1.00 bits per heavy atom. The molecule has 0 bridgehead atoms. The number of phosphoric acid groups is 1. The highest BCUT2D eigenvalue weighted by Gasteiger charge is 2.27. The first-order valence-electron chi connectivity index (χ1n) is 22.7. The fourth-order valence-electron chi connectivity index (χ4n) is 6.51. The minimum atomic E-state index is -4.33. The van der Waals surface area contributed by atoms with Gasteiger partial charge in [-0.2, -0.15) is 0 Å². The van der Waals surface area contributed by atoms with Crippen molar-refractivity contribution in [3.63, 3.8) is 0 Å². The van der Waals surface area contributed by atoms with Gasteiger partial charge in [-0.15, -0.1) is 0 Å². The summed E-state index contributed by atoms with van der Waals surface area (Å²) in [7, 11) is 1.57. The summed E-state index contributed by atoms with van der Waals surface area (Å²) < 4.78 is 23.5. The van der Waals surface area contributed by atoms with Crippen molar-refractivity contribution in [3.8, 4) is 0 Å². The van der Waals surface area contributed by atoms with Crippen molar-refractivity contribution in [2.75, 3.05) is 40.9 Å². The molecular formula is C45H90N2O6P+. The largest absolute Gasteiger partial charge is 0.472 e. The second-order valence-electron chi connectivity index (χ2n) is 16.8. The van der Waals surface area contributed by atoms with Crippen LogP contribution < -0.4 is 5.32 Å². The molecule has 0 aliphatic heterocycles. The third-order valence-electron chi connectivity index (χ3n) is 10.2. The number of phosphoric ester groups is 1. The number of likely N-dealkylation sites (N-methyl/N-ethyl adjacent to an activating group) is 1. The molecule has 0 saturated heterocycles. The van der Waals surface area contributed by atoms with Crippen molar-refractivity contribution in [2.45, 2.75) is 219 Å². The number of nitrogens with one attached hydrogen (secondary N) is 1. The Morgan fingerprint density at radius 1 is 0.611 bits per heavy atom. The number of rotatable bonds is 41. The van der Waals surface area contributed by atoms with Crippen LogP contribution in [-0.2, 0) is 18.4 Å². The maximum atomic E-state index is 12.8. The van der Waals surface area contributed by atoms with Gasteiger partial charge in [0.2, 0.25) is 5.91 Å². The highest BCUT2D eigenvalue weighted by atomic mass is 31.2. The Balaban J connectivity index is 4.20. The maximum absolute atomic E-state index is 12.8. The highest BCUT2D eigenvalue weighted by Crippen LogP contribution is 2.43. The lowest BCUT2D eigenvalue weighted by Gasteiger charge is -2.25. The van der Waals surface area contributed by atoms with Gasteiger partial charge in [0.25, 0.3) is 0 Å². The summed E-state index contributed by atoms with van der Waals surface area (Å²) in [4.78, 5) is 23.0. The van der Waals surface area contributed by atoms with E-state index in [0.717, 1.165) is 38.5 Å². The monoisotopic (exact) mass is 786 g/mol. The van der Waals surface area contributed by atoms with Gasteiger partial charge in [0.05, 0.1) is 39.9 Å². The van der Waals surface area contributed by atoms with E-state index in [1.165, 1.54) is 148 Å². The van der Waals surface area contributed by atoms with Crippen LogP contribution in [0.25, 0.3) is 0 Å². The predicted molar refractivity (Wildman–Crippen MR) is 231 cm³/mol. The zero-order valence-electron chi connectivity index (χ0n) is 36.2. The second kappa shape index (κ2) is 37.6. The zero-order valence-corrected chi connectivity index (χ0v) is 37.1. The summed E-state index contributed by atoms with van der Waals surface area (Å²) in [5.41, 5.74) is 0. The standard InChI is InChI=1S/C45H89N2O6P/c1-6-8-10-12-14-16-17-18-19-20-21-22-23-24-25-26-27-28-29-31-33-35-37-39-45(49)46-43(42-53-54(50,51)52-41-40-47(3,4)5)44(48)38-36-34-32-30-15-13-11-9-7-2/h24-25,36,38,43-44,48H,6-23,26-35,37,39-42H2,1-5H3,(H-,46,49,50,51)/p+1/b25-24-,38-36+. The van der Waals surface area contributed by atoms with E-state index in [0.29, 0.717) is 17.4 Å². The van der Waals surface area contributed by atoms with Crippen LogP contribution in [0.1, 0.15) is 206 Å². The average molecular weight is 786 g/mol. The number of hydrogen-bond donors (Lipinski definition) is 3. The molecule has 0 aromatic heterocycles. The number of unbranched alkanes of at least 4 members (excludes halogenated alkanes) is 26. The van der Waals surface area contributed by atoms with Crippen molar-refractivity contribution in [1.29, 1.82) is 0 Å². The van der Waals surface area contributed by atoms with Crippen LogP contribution in [-0.4, -0.2) is 73.4 Å². The first-order valence-corrected chi connectivity index (χ1v) is 24.2. The van der Waals surface area contributed by atoms with E-state index in [1.807, 2.05) is 27.2 Å². The van der Waals surface area contributed by atoms with Crippen molar-refractivity contribution in [2.24, 2.45) is 0 Å². The van der Waals surface area contributed by atoms with E-state index in [4.69, 9.17) is 9.05 Å². The minimum absolute atomic E-state index is 0.0613. The molecule has 1 amide bonds. The molecule has 0 aliphatic carbocycles. The second-order valence-corrected chi connectivity index (χ2v) is 18.2. The van der Waals surface area contributed by atoms with Crippen LogP contribution in [0, 0.1) is 0 Å². The lowest BCUT2D eigenvalue weighted by Crippen LogP contribution is -2.45. The smallest absolute Gasteiger partial charge is 0.387 e. The molecule has 8 nitrogen and oxygen atoms in total. The Kier molecular flexibility index (Phi) is 36.8. The number of carbonyl (C=O) groups is 1. The van der Waals surface area contributed by atoms with Crippen molar-refractivity contribution >= 4 is 13.7 Å². The third-order valence-corrected chi connectivity index (χ3v) is 11.1. The minimum Gasteiger partial charge on any atom is -0.387 e. The summed E-state index contributed by atoms with van der Waals surface area (Å²) in [5, 5.41) is 13.7. The van der Waals surface area contributed by atoms with Gasteiger partial charge in [0, 0.05) is 6.42 Å². The van der Waals surface area contributed by atoms with Crippen molar-refractivity contribution in [1.82, 2.24) is 5.32 Å². The van der Waals surface area contributed by atoms with Crippen LogP contribution in [0.5, 0.6) is 0 Å². The van der Waals surface area contributed by atoms with Crippen molar-refractivity contribution in [3.05, 3.63) is 24.3 Å². The van der Waals surface area contributed by atoms with E-state index in [2.05, 4.69) is 31.3 Å².